The molecule has 14 heavy (non-hydrogen) atoms. The first-order valence-electron chi connectivity index (χ1n) is 3.61. The summed E-state index contributed by atoms with van der Waals surface area (Å²) in [6, 6.07) is 5.67. The summed E-state index contributed by atoms with van der Waals surface area (Å²) >= 11 is 5.13. The van der Waals surface area contributed by atoms with Gasteiger partial charge in [-0.1, -0.05) is 0 Å². The molecule has 0 aliphatic heterocycles. The normalized spacial score (nSPS) is 10.9. The van der Waals surface area contributed by atoms with E-state index >= 15 is 0 Å². The molecule has 0 aliphatic rings. The molecule has 76 valence electrons. The van der Waals surface area contributed by atoms with Crippen LogP contribution in [0.15, 0.2) is 24.3 Å². The first-order chi connectivity index (χ1) is 6.57. The standard InChI is InChI=1S/C8H7ClO4S/c9-6-14(11,12)13-8-3-1-7(5-10)2-4-8/h1-5H,6H2. The van der Waals surface area contributed by atoms with Gasteiger partial charge in [0, 0.05) is 5.56 Å². The largest absolute Gasteiger partial charge is 0.382 e. The fraction of sp³-hybridized carbons (Fsp3) is 0.125. The van der Waals surface area contributed by atoms with Crippen LogP contribution in [0.3, 0.4) is 0 Å². The van der Waals surface area contributed by atoms with Crippen molar-refractivity contribution in [3.8, 4) is 5.75 Å². The predicted octanol–water partition coefficient (Wildman–Crippen LogP) is 1.40. The number of benzene rings is 1. The molecule has 0 aliphatic carbocycles. The minimum atomic E-state index is -3.72. The zero-order chi connectivity index (χ0) is 10.6. The van der Waals surface area contributed by atoms with Crippen molar-refractivity contribution in [3.63, 3.8) is 0 Å². The zero-order valence-corrected chi connectivity index (χ0v) is 8.59. The van der Waals surface area contributed by atoms with E-state index in [2.05, 4.69) is 4.18 Å². The Morgan fingerprint density at radius 1 is 1.29 bits per heavy atom. The molecule has 1 rings (SSSR count). The number of carbonyl (C=O) groups excluding carboxylic acids is 1. The smallest absolute Gasteiger partial charge is 0.323 e. The van der Waals surface area contributed by atoms with Gasteiger partial charge in [-0.25, -0.2) is 0 Å². The van der Waals surface area contributed by atoms with E-state index in [1.807, 2.05) is 0 Å². The van der Waals surface area contributed by atoms with Crippen LogP contribution in [0.5, 0.6) is 5.75 Å². The third-order valence-corrected chi connectivity index (χ3v) is 2.89. The second-order valence-electron chi connectivity index (χ2n) is 2.44. The highest BCUT2D eigenvalue weighted by Crippen LogP contribution is 2.14. The van der Waals surface area contributed by atoms with Gasteiger partial charge in [-0.3, -0.25) is 4.79 Å². The minimum absolute atomic E-state index is 0.135. The Bertz CT molecular complexity index is 409. The first kappa shape index (κ1) is 11.0. The molecule has 0 amide bonds. The monoisotopic (exact) mass is 234 g/mol. The summed E-state index contributed by atoms with van der Waals surface area (Å²) in [5, 5.41) is -0.609. The molecule has 0 radical (unpaired) electrons. The van der Waals surface area contributed by atoms with Gasteiger partial charge in [0.2, 0.25) is 0 Å². The van der Waals surface area contributed by atoms with Crippen molar-refractivity contribution < 1.29 is 17.4 Å². The van der Waals surface area contributed by atoms with Crippen LogP contribution >= 0.6 is 11.6 Å². The van der Waals surface area contributed by atoms with Gasteiger partial charge in [-0.15, -0.1) is 11.6 Å². The quantitative estimate of drug-likeness (QED) is 0.449. The van der Waals surface area contributed by atoms with E-state index in [1.54, 1.807) is 0 Å². The van der Waals surface area contributed by atoms with Crippen molar-refractivity contribution in [1.29, 1.82) is 0 Å². The van der Waals surface area contributed by atoms with Gasteiger partial charge in [0.25, 0.3) is 0 Å². The van der Waals surface area contributed by atoms with Crippen LogP contribution in [0.25, 0.3) is 0 Å². The Kier molecular flexibility index (Phi) is 3.49. The zero-order valence-electron chi connectivity index (χ0n) is 7.01. The maximum absolute atomic E-state index is 10.9. The predicted molar refractivity (Wildman–Crippen MR) is 52.1 cm³/mol. The van der Waals surface area contributed by atoms with Crippen LogP contribution in [-0.2, 0) is 10.1 Å². The topological polar surface area (TPSA) is 60.4 Å². The minimum Gasteiger partial charge on any atom is -0.382 e. The average molecular weight is 235 g/mol. The van der Waals surface area contributed by atoms with Gasteiger partial charge < -0.3 is 4.18 Å². The molecule has 4 nitrogen and oxygen atoms in total. The fourth-order valence-electron chi connectivity index (χ4n) is 0.771. The van der Waals surface area contributed by atoms with Crippen molar-refractivity contribution >= 4 is 28.0 Å². The second kappa shape index (κ2) is 4.43. The summed E-state index contributed by atoms with van der Waals surface area (Å²) < 4.78 is 26.4. The maximum Gasteiger partial charge on any atom is 0.323 e. The lowest BCUT2D eigenvalue weighted by Crippen LogP contribution is -2.09. The van der Waals surface area contributed by atoms with Gasteiger partial charge in [0.05, 0.1) is 0 Å². The highest BCUT2D eigenvalue weighted by atomic mass is 35.5. The summed E-state index contributed by atoms with van der Waals surface area (Å²) in [7, 11) is -3.72. The van der Waals surface area contributed by atoms with Gasteiger partial charge in [-0.05, 0) is 24.3 Å². The lowest BCUT2D eigenvalue weighted by Gasteiger charge is -2.03. The summed E-state index contributed by atoms with van der Waals surface area (Å²) in [4.78, 5) is 10.3. The SMILES string of the molecule is O=Cc1ccc(OS(=O)(=O)CCl)cc1. The molecule has 0 N–H and O–H groups in total. The first-order valence-corrected chi connectivity index (χ1v) is 5.72. The Balaban J connectivity index is 2.84. The lowest BCUT2D eigenvalue weighted by molar-refractivity contribution is 0.112. The molecular formula is C8H7ClO4S. The highest BCUT2D eigenvalue weighted by molar-refractivity contribution is 7.88. The van der Waals surface area contributed by atoms with E-state index in [-0.39, 0.29) is 5.75 Å². The molecule has 0 heterocycles. The highest BCUT2D eigenvalue weighted by Gasteiger charge is 2.09. The molecule has 0 saturated heterocycles. The maximum atomic E-state index is 10.9. The Hall–Kier alpha value is -1.07. The van der Waals surface area contributed by atoms with Crippen LogP contribution in [-0.4, -0.2) is 19.9 Å². The summed E-state index contributed by atoms with van der Waals surface area (Å²) in [6.45, 7) is 0. The number of hydrogen-bond acceptors (Lipinski definition) is 4. The van der Waals surface area contributed by atoms with Gasteiger partial charge in [-0.2, -0.15) is 8.42 Å². The van der Waals surface area contributed by atoms with Crippen molar-refractivity contribution in [3.05, 3.63) is 29.8 Å². The number of halogens is 1. The average Bonchev–Trinajstić information content (AvgIpc) is 2.19. The van der Waals surface area contributed by atoms with Gasteiger partial charge in [0.1, 0.15) is 12.0 Å². The molecule has 0 aromatic heterocycles. The Morgan fingerprint density at radius 3 is 2.29 bits per heavy atom. The van der Waals surface area contributed by atoms with Crippen LogP contribution < -0.4 is 4.18 Å². The van der Waals surface area contributed by atoms with E-state index < -0.39 is 15.3 Å². The molecule has 0 fully saturated rings. The van der Waals surface area contributed by atoms with Crippen LogP contribution in [0.4, 0.5) is 0 Å². The van der Waals surface area contributed by atoms with E-state index in [1.165, 1.54) is 24.3 Å². The molecule has 0 spiro atoms. The summed E-state index contributed by atoms with van der Waals surface area (Å²) in [6.07, 6.45) is 0.653. The third kappa shape index (κ3) is 3.01. The number of aldehydes is 1. The van der Waals surface area contributed by atoms with Crippen LogP contribution in [0, 0.1) is 0 Å². The van der Waals surface area contributed by atoms with E-state index in [9.17, 15) is 13.2 Å². The molecular weight excluding hydrogens is 228 g/mol. The molecule has 0 bridgehead atoms. The van der Waals surface area contributed by atoms with Crippen LogP contribution in [0.2, 0.25) is 0 Å². The van der Waals surface area contributed by atoms with E-state index in [0.29, 0.717) is 11.8 Å². The van der Waals surface area contributed by atoms with Crippen molar-refractivity contribution in [2.75, 3.05) is 5.21 Å². The summed E-state index contributed by atoms with van der Waals surface area (Å²) in [5.41, 5.74) is 0.445. The van der Waals surface area contributed by atoms with E-state index in [4.69, 9.17) is 11.6 Å². The molecule has 0 saturated carbocycles. The number of rotatable bonds is 4. The molecule has 0 unspecified atom stereocenters. The van der Waals surface area contributed by atoms with Crippen molar-refractivity contribution in [2.24, 2.45) is 0 Å². The van der Waals surface area contributed by atoms with Gasteiger partial charge >= 0.3 is 10.1 Å². The Morgan fingerprint density at radius 2 is 1.86 bits per heavy atom. The van der Waals surface area contributed by atoms with Crippen molar-refractivity contribution in [1.82, 2.24) is 0 Å². The molecule has 1 aromatic carbocycles. The molecule has 6 heteroatoms. The number of hydrogen-bond donors (Lipinski definition) is 0. The summed E-state index contributed by atoms with van der Waals surface area (Å²) in [5.74, 6) is 0.135. The Labute approximate surface area is 86.6 Å². The van der Waals surface area contributed by atoms with Crippen molar-refractivity contribution in [2.45, 2.75) is 0 Å². The number of alkyl halides is 1. The lowest BCUT2D eigenvalue weighted by atomic mass is 10.2. The van der Waals surface area contributed by atoms with Gasteiger partial charge in [0.15, 0.2) is 5.21 Å². The molecule has 1 aromatic rings. The fourth-order valence-corrected chi connectivity index (χ4v) is 1.35. The van der Waals surface area contributed by atoms with E-state index in [0.717, 1.165) is 0 Å². The van der Waals surface area contributed by atoms with Crippen LogP contribution in [0.1, 0.15) is 10.4 Å². The molecule has 0 atom stereocenters. The third-order valence-electron chi connectivity index (χ3n) is 1.37. The second-order valence-corrected chi connectivity index (χ2v) is 4.59. The number of carbonyl (C=O) groups is 1.